The van der Waals surface area contributed by atoms with Gasteiger partial charge >= 0.3 is 0 Å². The van der Waals surface area contributed by atoms with E-state index in [0.29, 0.717) is 0 Å². The normalized spacial score (nSPS) is 28.4. The topological polar surface area (TPSA) is 66.1 Å². The molecule has 2 saturated heterocycles. The summed E-state index contributed by atoms with van der Waals surface area (Å²) in [6, 6.07) is 0.743. The number of piperidine rings is 2. The van der Waals surface area contributed by atoms with Crippen LogP contribution in [-0.2, 0) is 4.74 Å². The van der Waals surface area contributed by atoms with E-state index in [9.17, 15) is 0 Å². The summed E-state index contributed by atoms with van der Waals surface area (Å²) in [5.74, 6) is 7.24. The fourth-order valence-electron chi connectivity index (χ4n) is 3.48. The predicted molar refractivity (Wildman–Crippen MR) is 81.5 cm³/mol. The third-order valence-corrected chi connectivity index (χ3v) is 4.54. The van der Waals surface area contributed by atoms with Gasteiger partial charge in [0.25, 0.3) is 0 Å². The average molecular weight is 283 g/mol. The van der Waals surface area contributed by atoms with Gasteiger partial charge < -0.3 is 14.5 Å². The van der Waals surface area contributed by atoms with Crippen molar-refractivity contribution < 1.29 is 4.74 Å². The third kappa shape index (κ3) is 3.84. The number of ether oxygens (including phenoxy) is 1. The molecule has 2 heterocycles. The Balaban J connectivity index is 1.88. The van der Waals surface area contributed by atoms with Gasteiger partial charge in [0.1, 0.15) is 0 Å². The standard InChI is InChI=1S/C14H29N5O/c1-18-8-3-5-12-11-19(9-6-13(12)18)14(17-15)16-7-4-10-20-2/h12-13H,3-11,15H2,1-2H3,(H,16,17). The minimum atomic E-state index is 0.743. The van der Waals surface area contributed by atoms with Crippen molar-refractivity contribution in [3.05, 3.63) is 0 Å². The molecule has 0 aromatic carbocycles. The molecule has 6 nitrogen and oxygen atoms in total. The zero-order valence-corrected chi connectivity index (χ0v) is 12.8. The Morgan fingerprint density at radius 2 is 2.25 bits per heavy atom. The number of guanidine groups is 1. The number of nitrogens with zero attached hydrogens (tertiary/aromatic N) is 3. The zero-order chi connectivity index (χ0) is 14.4. The molecule has 0 amide bonds. The van der Waals surface area contributed by atoms with E-state index in [2.05, 4.69) is 27.3 Å². The van der Waals surface area contributed by atoms with Crippen molar-refractivity contribution in [1.29, 1.82) is 0 Å². The molecule has 2 aliphatic rings. The van der Waals surface area contributed by atoms with E-state index >= 15 is 0 Å². The molecule has 2 unspecified atom stereocenters. The molecule has 6 heteroatoms. The van der Waals surface area contributed by atoms with Gasteiger partial charge in [0.15, 0.2) is 0 Å². The number of hydrogen-bond donors (Lipinski definition) is 2. The number of hydrazine groups is 1. The van der Waals surface area contributed by atoms with Crippen LogP contribution in [0.4, 0.5) is 0 Å². The number of likely N-dealkylation sites (tertiary alicyclic amines) is 2. The molecular weight excluding hydrogens is 254 g/mol. The average Bonchev–Trinajstić information content (AvgIpc) is 2.47. The lowest BCUT2D eigenvalue weighted by Gasteiger charge is -2.46. The Morgan fingerprint density at radius 3 is 3.00 bits per heavy atom. The Hall–Kier alpha value is -0.850. The fraction of sp³-hybridized carbons (Fsp3) is 0.929. The molecule has 0 spiro atoms. The van der Waals surface area contributed by atoms with Gasteiger partial charge in [0.2, 0.25) is 5.96 Å². The van der Waals surface area contributed by atoms with Gasteiger partial charge in [-0.15, -0.1) is 0 Å². The molecule has 0 saturated carbocycles. The van der Waals surface area contributed by atoms with Crippen molar-refractivity contribution in [2.24, 2.45) is 16.8 Å². The largest absolute Gasteiger partial charge is 0.385 e. The molecule has 2 aliphatic heterocycles. The maximum atomic E-state index is 5.65. The second kappa shape index (κ2) is 7.81. The molecule has 0 aromatic heterocycles. The predicted octanol–water partition coefficient (Wildman–Crippen LogP) is 0.258. The van der Waals surface area contributed by atoms with Crippen LogP contribution in [0.25, 0.3) is 0 Å². The van der Waals surface area contributed by atoms with Crippen LogP contribution in [0.5, 0.6) is 0 Å². The van der Waals surface area contributed by atoms with Crippen molar-refractivity contribution in [3.63, 3.8) is 0 Å². The van der Waals surface area contributed by atoms with Gasteiger partial charge in [0.05, 0.1) is 0 Å². The zero-order valence-electron chi connectivity index (χ0n) is 12.8. The van der Waals surface area contributed by atoms with Crippen molar-refractivity contribution in [2.45, 2.75) is 31.7 Å². The first-order valence-corrected chi connectivity index (χ1v) is 7.71. The second-order valence-corrected chi connectivity index (χ2v) is 5.88. The van der Waals surface area contributed by atoms with E-state index in [4.69, 9.17) is 10.6 Å². The number of nitrogens with two attached hydrogens (primary N) is 1. The molecule has 2 fully saturated rings. The molecular formula is C14H29N5O. The SMILES string of the molecule is COCCCN=C(NN)N1CCC2C(CCCN2C)C1. The van der Waals surface area contributed by atoms with Crippen molar-refractivity contribution in [3.8, 4) is 0 Å². The summed E-state index contributed by atoms with van der Waals surface area (Å²) in [5.41, 5.74) is 2.78. The molecule has 20 heavy (non-hydrogen) atoms. The van der Waals surface area contributed by atoms with Crippen LogP contribution in [0.15, 0.2) is 4.99 Å². The summed E-state index contributed by atoms with van der Waals surface area (Å²) >= 11 is 0. The van der Waals surface area contributed by atoms with Crippen LogP contribution in [0.1, 0.15) is 25.7 Å². The Bertz CT molecular complexity index is 323. The minimum Gasteiger partial charge on any atom is -0.385 e. The maximum absolute atomic E-state index is 5.65. The molecule has 0 aromatic rings. The smallest absolute Gasteiger partial charge is 0.208 e. The number of rotatable bonds is 4. The summed E-state index contributed by atoms with van der Waals surface area (Å²) in [5, 5.41) is 0. The first-order valence-electron chi connectivity index (χ1n) is 7.71. The van der Waals surface area contributed by atoms with E-state index in [1.165, 1.54) is 25.8 Å². The third-order valence-electron chi connectivity index (χ3n) is 4.54. The summed E-state index contributed by atoms with van der Waals surface area (Å²) in [6.07, 6.45) is 4.78. The van der Waals surface area contributed by atoms with E-state index < -0.39 is 0 Å². The summed E-state index contributed by atoms with van der Waals surface area (Å²) in [4.78, 5) is 9.41. The van der Waals surface area contributed by atoms with E-state index in [-0.39, 0.29) is 0 Å². The summed E-state index contributed by atoms with van der Waals surface area (Å²) < 4.78 is 5.05. The fourth-order valence-corrected chi connectivity index (χ4v) is 3.48. The first kappa shape index (κ1) is 15.5. The van der Waals surface area contributed by atoms with Gasteiger partial charge in [-0.2, -0.15) is 0 Å². The van der Waals surface area contributed by atoms with Crippen LogP contribution in [0.3, 0.4) is 0 Å². The van der Waals surface area contributed by atoms with Crippen LogP contribution < -0.4 is 11.3 Å². The molecule has 3 N–H and O–H groups in total. The van der Waals surface area contributed by atoms with Gasteiger partial charge in [-0.05, 0) is 45.2 Å². The van der Waals surface area contributed by atoms with Crippen molar-refractivity contribution in [2.75, 3.05) is 46.9 Å². The lowest BCUT2D eigenvalue weighted by molar-refractivity contribution is 0.0619. The van der Waals surface area contributed by atoms with Crippen LogP contribution >= 0.6 is 0 Å². The Labute approximate surface area is 122 Å². The van der Waals surface area contributed by atoms with E-state index in [1.54, 1.807) is 7.11 Å². The van der Waals surface area contributed by atoms with Gasteiger partial charge in [-0.3, -0.25) is 10.4 Å². The lowest BCUT2D eigenvalue weighted by atomic mass is 9.84. The van der Waals surface area contributed by atoms with Gasteiger partial charge in [-0.25, -0.2) is 5.84 Å². The number of nitrogens with one attached hydrogen (secondary N) is 1. The highest BCUT2D eigenvalue weighted by Crippen LogP contribution is 2.29. The lowest BCUT2D eigenvalue weighted by Crippen LogP contribution is -2.56. The first-order chi connectivity index (χ1) is 9.76. The Morgan fingerprint density at radius 1 is 1.40 bits per heavy atom. The van der Waals surface area contributed by atoms with Gasteiger partial charge in [0, 0.05) is 39.4 Å². The molecule has 0 bridgehead atoms. The number of aliphatic imine (C=N–C) groups is 1. The highest BCUT2D eigenvalue weighted by molar-refractivity contribution is 5.79. The maximum Gasteiger partial charge on any atom is 0.208 e. The van der Waals surface area contributed by atoms with Crippen LogP contribution in [0.2, 0.25) is 0 Å². The van der Waals surface area contributed by atoms with E-state index in [1.807, 2.05) is 0 Å². The highest BCUT2D eigenvalue weighted by atomic mass is 16.5. The number of hydrogen-bond acceptors (Lipinski definition) is 4. The molecule has 0 radical (unpaired) electrons. The van der Waals surface area contributed by atoms with E-state index in [0.717, 1.165) is 50.6 Å². The molecule has 2 atom stereocenters. The quantitative estimate of drug-likeness (QED) is 0.255. The number of fused-ring (bicyclic) bond motifs is 1. The molecule has 0 aliphatic carbocycles. The second-order valence-electron chi connectivity index (χ2n) is 5.88. The molecule has 2 rings (SSSR count). The van der Waals surface area contributed by atoms with Crippen LogP contribution in [-0.4, -0.2) is 68.7 Å². The highest BCUT2D eigenvalue weighted by Gasteiger charge is 2.34. The summed E-state index contributed by atoms with van der Waals surface area (Å²) in [6.45, 7) is 4.87. The van der Waals surface area contributed by atoms with Crippen molar-refractivity contribution in [1.82, 2.24) is 15.2 Å². The summed E-state index contributed by atoms with van der Waals surface area (Å²) in [7, 11) is 3.98. The van der Waals surface area contributed by atoms with Crippen molar-refractivity contribution >= 4 is 5.96 Å². The number of methoxy groups -OCH3 is 1. The van der Waals surface area contributed by atoms with Gasteiger partial charge in [-0.1, -0.05) is 0 Å². The Kier molecular flexibility index (Phi) is 6.06. The van der Waals surface area contributed by atoms with Crippen LogP contribution in [0, 0.1) is 5.92 Å². The molecule has 116 valence electrons. The monoisotopic (exact) mass is 283 g/mol. The minimum absolute atomic E-state index is 0.743.